The monoisotopic (exact) mass is 532 g/mol. The molecule has 0 unspecified atom stereocenters. The quantitative estimate of drug-likeness (QED) is 0.257. The number of nitrogens with two attached hydrogens (primary N) is 1. The van der Waals surface area contributed by atoms with Crippen molar-refractivity contribution in [2.24, 2.45) is 11.7 Å². The van der Waals surface area contributed by atoms with Crippen molar-refractivity contribution in [3.63, 3.8) is 0 Å². The summed E-state index contributed by atoms with van der Waals surface area (Å²) < 4.78 is 14.4. The first kappa shape index (κ1) is 28.9. The number of hydrogen-bond acceptors (Lipinski definition) is 5. The molecular formula is C27H48N4O3Si2. The molecule has 1 saturated carbocycles. The third-order valence-electron chi connectivity index (χ3n) is 7.96. The highest BCUT2D eigenvalue weighted by Crippen LogP contribution is 2.38. The van der Waals surface area contributed by atoms with Crippen molar-refractivity contribution in [3.05, 3.63) is 24.0 Å². The molecule has 36 heavy (non-hydrogen) atoms. The maximum atomic E-state index is 12.2. The molecule has 0 bridgehead atoms. The van der Waals surface area contributed by atoms with Crippen LogP contribution in [0.2, 0.25) is 43.8 Å². The summed E-state index contributed by atoms with van der Waals surface area (Å²) in [6, 6.07) is 3.44. The van der Waals surface area contributed by atoms with E-state index in [1.54, 1.807) is 6.20 Å². The van der Waals surface area contributed by atoms with Gasteiger partial charge < -0.3 is 24.8 Å². The van der Waals surface area contributed by atoms with Crippen LogP contribution in [-0.2, 0) is 15.9 Å². The Bertz CT molecular complexity index is 1030. The van der Waals surface area contributed by atoms with E-state index in [1.165, 1.54) is 0 Å². The zero-order valence-electron chi connectivity index (χ0n) is 23.7. The fourth-order valence-corrected chi connectivity index (χ4v) is 6.19. The van der Waals surface area contributed by atoms with Crippen molar-refractivity contribution in [1.29, 1.82) is 0 Å². The Kier molecular flexibility index (Phi) is 9.12. The molecule has 1 aliphatic rings. The molecule has 2 heterocycles. The Labute approximate surface area is 219 Å². The molecule has 0 atom stereocenters. The van der Waals surface area contributed by atoms with Crippen molar-refractivity contribution in [3.8, 4) is 0 Å². The number of aromatic nitrogens is 2. The summed E-state index contributed by atoms with van der Waals surface area (Å²) in [6.07, 6.45) is 7.93. The van der Waals surface area contributed by atoms with Crippen LogP contribution in [0, 0.1) is 5.92 Å². The van der Waals surface area contributed by atoms with Crippen molar-refractivity contribution in [2.45, 2.75) is 103 Å². The van der Waals surface area contributed by atoms with E-state index in [9.17, 15) is 4.79 Å². The normalized spacial score (nSPS) is 19.6. The van der Waals surface area contributed by atoms with Gasteiger partial charge in [0, 0.05) is 45.1 Å². The Morgan fingerprint density at radius 2 is 1.83 bits per heavy atom. The number of ether oxygens (including phenoxy) is 1. The summed E-state index contributed by atoms with van der Waals surface area (Å²) in [5.74, 6) is 0.141. The van der Waals surface area contributed by atoms with Gasteiger partial charge in [0.25, 0.3) is 5.91 Å². The molecule has 2 aromatic heterocycles. The van der Waals surface area contributed by atoms with Crippen LogP contribution >= 0.6 is 0 Å². The van der Waals surface area contributed by atoms with Crippen LogP contribution in [0.1, 0.15) is 56.8 Å². The van der Waals surface area contributed by atoms with Gasteiger partial charge in [-0.3, -0.25) is 4.79 Å². The fraction of sp³-hybridized carbons (Fsp3) is 0.704. The lowest BCUT2D eigenvalue weighted by molar-refractivity contribution is 0.0899. The van der Waals surface area contributed by atoms with Crippen LogP contribution in [0.3, 0.4) is 0 Å². The van der Waals surface area contributed by atoms with E-state index in [0.717, 1.165) is 61.7 Å². The van der Waals surface area contributed by atoms with Crippen molar-refractivity contribution >= 4 is 39.0 Å². The third-order valence-corrected chi connectivity index (χ3v) is 14.2. The fourth-order valence-electron chi connectivity index (χ4n) is 4.35. The highest BCUT2D eigenvalue weighted by atomic mass is 28.4. The number of hydrogen-bond donors (Lipinski definition) is 2. The van der Waals surface area contributed by atoms with Crippen LogP contribution in [0.25, 0.3) is 11.0 Å². The van der Waals surface area contributed by atoms with E-state index >= 15 is 0 Å². The van der Waals surface area contributed by atoms with E-state index in [0.29, 0.717) is 24.3 Å². The number of rotatable bonds is 11. The number of fused-ring (bicyclic) bond motifs is 1. The predicted octanol–water partition coefficient (Wildman–Crippen LogP) is 6.44. The zero-order valence-corrected chi connectivity index (χ0v) is 25.7. The lowest BCUT2D eigenvalue weighted by Crippen LogP contribution is -2.42. The van der Waals surface area contributed by atoms with Gasteiger partial charge in [0.2, 0.25) is 0 Å². The number of pyridine rings is 1. The highest BCUT2D eigenvalue weighted by Gasteiger charge is 2.38. The first-order valence-electron chi connectivity index (χ1n) is 13.4. The molecule has 0 aromatic carbocycles. The second-order valence-corrected chi connectivity index (χ2v) is 23.6. The Morgan fingerprint density at radius 1 is 1.17 bits per heavy atom. The molecule has 202 valence electrons. The van der Waals surface area contributed by atoms with Crippen molar-refractivity contribution in [1.82, 2.24) is 9.55 Å². The van der Waals surface area contributed by atoms with Crippen LogP contribution < -0.4 is 11.1 Å². The predicted molar refractivity (Wildman–Crippen MR) is 155 cm³/mol. The summed E-state index contributed by atoms with van der Waals surface area (Å²) in [5.41, 5.74) is 7.79. The summed E-state index contributed by atoms with van der Waals surface area (Å²) in [4.78, 5) is 16.8. The maximum absolute atomic E-state index is 12.2. The molecule has 0 saturated heterocycles. The van der Waals surface area contributed by atoms with Gasteiger partial charge in [-0.05, 0) is 61.8 Å². The first-order chi connectivity index (χ1) is 16.7. The average Bonchev–Trinajstić information content (AvgIpc) is 3.18. The topological polar surface area (TPSA) is 91.4 Å². The summed E-state index contributed by atoms with van der Waals surface area (Å²) in [7, 11) is -2.85. The highest BCUT2D eigenvalue weighted by molar-refractivity contribution is 6.76. The lowest BCUT2D eigenvalue weighted by atomic mass is 9.86. The molecule has 3 N–H and O–H groups in total. The van der Waals surface area contributed by atoms with Crippen LogP contribution in [0.5, 0.6) is 0 Å². The number of anilines is 1. The van der Waals surface area contributed by atoms with E-state index in [1.807, 2.05) is 16.8 Å². The molecular weight excluding hydrogens is 484 g/mol. The van der Waals surface area contributed by atoms with Gasteiger partial charge in [-0.2, -0.15) is 0 Å². The van der Waals surface area contributed by atoms with Crippen molar-refractivity contribution in [2.75, 3.05) is 18.5 Å². The molecule has 1 fully saturated rings. The van der Waals surface area contributed by atoms with Crippen LogP contribution in [0.4, 0.5) is 5.69 Å². The maximum Gasteiger partial charge on any atom is 0.252 e. The molecule has 1 aliphatic carbocycles. The molecule has 9 heteroatoms. The van der Waals surface area contributed by atoms with Gasteiger partial charge in [-0.1, -0.05) is 40.4 Å². The molecule has 0 spiro atoms. The summed E-state index contributed by atoms with van der Waals surface area (Å²) >= 11 is 0. The second kappa shape index (κ2) is 11.4. The minimum Gasteiger partial charge on any atom is -0.417 e. The summed E-state index contributed by atoms with van der Waals surface area (Å²) in [6.45, 7) is 20.6. The molecule has 3 rings (SSSR count). The molecule has 0 radical (unpaired) electrons. The number of amides is 1. The Morgan fingerprint density at radius 3 is 2.42 bits per heavy atom. The van der Waals surface area contributed by atoms with Gasteiger partial charge >= 0.3 is 0 Å². The van der Waals surface area contributed by atoms with Gasteiger partial charge in [0.15, 0.2) is 8.32 Å². The molecule has 0 aliphatic heterocycles. The van der Waals surface area contributed by atoms with E-state index in [-0.39, 0.29) is 5.04 Å². The van der Waals surface area contributed by atoms with E-state index in [2.05, 4.69) is 63.8 Å². The van der Waals surface area contributed by atoms with Crippen LogP contribution in [-0.4, -0.2) is 51.1 Å². The molecule has 2 aromatic rings. The van der Waals surface area contributed by atoms with Gasteiger partial charge in [-0.25, -0.2) is 4.98 Å². The third kappa shape index (κ3) is 7.43. The standard InChI is InChI=1S/C27H48N4O3Si2/c1-27(2,3)36(7,8)34-18-20-9-11-21(12-10-20)30-24-22-13-14-31(19-33-15-16-35(4,5)6)26(22)29-17-23(24)25(28)32/h13-14,17,20-21H,9-12,15-16,18-19H2,1-8H3,(H2,28,32)(H,29,30)/t20-,21-. The zero-order chi connectivity index (χ0) is 26.7. The minimum atomic E-state index is -1.72. The van der Waals surface area contributed by atoms with Gasteiger partial charge in [-0.15, -0.1) is 0 Å². The SMILES string of the molecule is CC(C)(C)[Si](C)(C)OC[C@H]1CC[C@H](Nc2c(C(N)=O)cnc3c2ccn3COCC[Si](C)(C)C)CC1. The first-order valence-corrected chi connectivity index (χ1v) is 20.1. The van der Waals surface area contributed by atoms with Gasteiger partial charge in [0.1, 0.15) is 12.4 Å². The number of nitrogens with one attached hydrogen (secondary N) is 1. The molecule has 1 amide bonds. The van der Waals surface area contributed by atoms with E-state index in [4.69, 9.17) is 14.9 Å². The number of nitrogens with zero attached hydrogens (tertiary/aromatic N) is 2. The second-order valence-electron chi connectivity index (χ2n) is 13.2. The number of primary amides is 1. The van der Waals surface area contributed by atoms with Crippen molar-refractivity contribution < 1.29 is 14.0 Å². The largest absolute Gasteiger partial charge is 0.417 e. The lowest BCUT2D eigenvalue weighted by Gasteiger charge is -2.38. The number of carbonyl (C=O) groups is 1. The summed E-state index contributed by atoms with van der Waals surface area (Å²) in [5, 5.41) is 4.83. The average molecular weight is 533 g/mol. The smallest absolute Gasteiger partial charge is 0.252 e. The Hall–Kier alpha value is -1.69. The Balaban J connectivity index is 1.65. The minimum absolute atomic E-state index is 0.236. The number of carbonyl (C=O) groups excluding carboxylic acids is 1. The van der Waals surface area contributed by atoms with E-state index < -0.39 is 22.3 Å². The molecule has 7 nitrogen and oxygen atoms in total. The van der Waals surface area contributed by atoms with Gasteiger partial charge in [0.05, 0.1) is 11.3 Å². The van der Waals surface area contributed by atoms with Crippen LogP contribution in [0.15, 0.2) is 18.5 Å².